The smallest absolute Gasteiger partial charge is 0.314 e. The number of nitrogens with zero attached hydrogens (tertiary/aromatic N) is 7. The van der Waals surface area contributed by atoms with Crippen molar-refractivity contribution in [3.05, 3.63) is 65.9 Å². The minimum atomic E-state index is -2.93. The molecular weight excluding hydrogens is 425 g/mol. The van der Waals surface area contributed by atoms with Crippen LogP contribution in [0.5, 0.6) is 0 Å². The van der Waals surface area contributed by atoms with Crippen LogP contribution in [0.1, 0.15) is 17.9 Å². The number of hydrogen-bond acceptors (Lipinski definition) is 8. The van der Waals surface area contributed by atoms with Crippen LogP contribution in [0.25, 0.3) is 33.7 Å². The van der Waals surface area contributed by atoms with Gasteiger partial charge in [-0.2, -0.15) is 13.6 Å². The fourth-order valence-corrected chi connectivity index (χ4v) is 3.14. The van der Waals surface area contributed by atoms with Gasteiger partial charge in [0.05, 0.1) is 29.5 Å². The van der Waals surface area contributed by atoms with E-state index in [0.29, 0.717) is 17.1 Å². The number of halogens is 3. The molecule has 2 N–H and O–H groups in total. The maximum atomic E-state index is 14.5. The van der Waals surface area contributed by atoms with E-state index in [2.05, 4.69) is 30.6 Å². The van der Waals surface area contributed by atoms with Gasteiger partial charge >= 0.3 is 6.43 Å². The normalized spacial score (nSPS) is 11.5. The quantitative estimate of drug-likeness (QED) is 0.441. The van der Waals surface area contributed by atoms with Gasteiger partial charge in [0.15, 0.2) is 0 Å². The number of tetrazole rings is 1. The van der Waals surface area contributed by atoms with Crippen LogP contribution in [0.3, 0.4) is 0 Å². The Morgan fingerprint density at radius 3 is 2.69 bits per heavy atom. The summed E-state index contributed by atoms with van der Waals surface area (Å²) >= 11 is 0. The Labute approximate surface area is 177 Å². The van der Waals surface area contributed by atoms with E-state index in [4.69, 9.17) is 10.2 Å². The van der Waals surface area contributed by atoms with Crippen molar-refractivity contribution in [2.75, 3.05) is 5.73 Å². The Morgan fingerprint density at radius 2 is 1.91 bits per heavy atom. The number of alkyl halides is 2. The van der Waals surface area contributed by atoms with Crippen LogP contribution in [0.4, 0.5) is 18.9 Å². The third-order valence-corrected chi connectivity index (χ3v) is 4.63. The van der Waals surface area contributed by atoms with Gasteiger partial charge in [-0.05, 0) is 47.2 Å². The molecule has 2 aromatic carbocycles. The van der Waals surface area contributed by atoms with E-state index in [1.54, 1.807) is 18.3 Å². The predicted molar refractivity (Wildman–Crippen MR) is 107 cm³/mol. The number of pyridine rings is 1. The highest BCUT2D eigenvalue weighted by atomic mass is 19.3. The Bertz CT molecular complexity index is 1430. The van der Waals surface area contributed by atoms with Gasteiger partial charge in [-0.15, -0.1) is 20.4 Å². The summed E-state index contributed by atoms with van der Waals surface area (Å²) in [7, 11) is 0. The van der Waals surface area contributed by atoms with Gasteiger partial charge in [0.1, 0.15) is 5.82 Å². The zero-order valence-electron chi connectivity index (χ0n) is 16.2. The second-order valence-corrected chi connectivity index (χ2v) is 6.88. The second kappa shape index (κ2) is 7.72. The summed E-state index contributed by atoms with van der Waals surface area (Å²) in [4.78, 5) is 5.56. The first-order valence-corrected chi connectivity index (χ1v) is 9.30. The molecule has 0 aliphatic heterocycles. The molecule has 0 bridgehead atoms. The van der Waals surface area contributed by atoms with Gasteiger partial charge in [-0.1, -0.05) is 6.07 Å². The van der Waals surface area contributed by atoms with Crippen molar-refractivity contribution in [1.29, 1.82) is 0 Å². The van der Waals surface area contributed by atoms with Gasteiger partial charge in [-0.25, -0.2) is 4.39 Å². The van der Waals surface area contributed by atoms with Gasteiger partial charge in [0, 0.05) is 10.9 Å². The van der Waals surface area contributed by atoms with Crippen LogP contribution >= 0.6 is 0 Å². The minimum absolute atomic E-state index is 0.0792. The lowest BCUT2D eigenvalue weighted by molar-refractivity contribution is 0.116. The number of hydrogen-bond donors (Lipinski definition) is 1. The monoisotopic (exact) mass is 438 g/mol. The van der Waals surface area contributed by atoms with E-state index in [1.165, 1.54) is 16.9 Å². The molecule has 160 valence electrons. The molecule has 0 aliphatic rings. The average Bonchev–Trinajstić information content (AvgIpc) is 3.43. The SMILES string of the molecule is Nc1cnc2ccc(-c3nnn(Cc4ccc(-c5nnc(C(F)F)o5)c(F)c4)n3)cc2c1. The molecular formula is C20H13F3N8O. The molecule has 0 amide bonds. The molecule has 0 atom stereocenters. The Hall–Kier alpha value is -4.35. The second-order valence-electron chi connectivity index (χ2n) is 6.88. The van der Waals surface area contributed by atoms with E-state index in [1.807, 2.05) is 18.2 Å². The lowest BCUT2D eigenvalue weighted by atomic mass is 10.1. The van der Waals surface area contributed by atoms with Gasteiger partial charge in [0.2, 0.25) is 5.82 Å². The van der Waals surface area contributed by atoms with Crippen LogP contribution in [-0.2, 0) is 6.54 Å². The van der Waals surface area contributed by atoms with Crippen LogP contribution in [0.2, 0.25) is 0 Å². The van der Waals surface area contributed by atoms with Crippen LogP contribution < -0.4 is 5.73 Å². The lowest BCUT2D eigenvalue weighted by Crippen LogP contribution is -2.04. The number of benzene rings is 2. The van der Waals surface area contributed by atoms with Gasteiger partial charge in [0.25, 0.3) is 11.8 Å². The van der Waals surface area contributed by atoms with Crippen molar-refractivity contribution < 1.29 is 17.6 Å². The summed E-state index contributed by atoms with van der Waals surface area (Å²) in [6.45, 7) is 0.137. The zero-order valence-corrected chi connectivity index (χ0v) is 16.2. The summed E-state index contributed by atoms with van der Waals surface area (Å²) in [6, 6.07) is 11.5. The number of rotatable bonds is 5. The molecule has 12 heteroatoms. The number of nitrogens with two attached hydrogens (primary N) is 1. The number of fused-ring (bicyclic) bond motifs is 1. The summed E-state index contributed by atoms with van der Waals surface area (Å²) in [5.74, 6) is -1.50. The molecule has 0 saturated carbocycles. The van der Waals surface area contributed by atoms with Crippen molar-refractivity contribution in [2.45, 2.75) is 13.0 Å². The van der Waals surface area contributed by atoms with Crippen LogP contribution in [-0.4, -0.2) is 35.4 Å². The summed E-state index contributed by atoms with van der Waals surface area (Å²) in [6.07, 6.45) is -1.35. The molecule has 3 aromatic heterocycles. The molecule has 0 saturated heterocycles. The molecule has 0 radical (unpaired) electrons. The average molecular weight is 438 g/mol. The summed E-state index contributed by atoms with van der Waals surface area (Å²) in [5, 5.41) is 19.9. The van der Waals surface area contributed by atoms with E-state index in [0.717, 1.165) is 16.5 Å². The standard InChI is InChI=1S/C20H13F3N8O/c21-15-5-10(1-3-14(15)19-27-28-20(32-19)17(22)23)9-31-29-18(26-30-31)11-2-4-16-12(6-11)7-13(24)8-25-16/h1-8,17H,9,24H2. The number of nitrogen functional groups attached to an aromatic ring is 1. The van der Waals surface area contributed by atoms with E-state index < -0.39 is 18.1 Å². The molecule has 0 spiro atoms. The molecule has 0 aliphatic carbocycles. The van der Waals surface area contributed by atoms with E-state index in [9.17, 15) is 13.2 Å². The Kier molecular flexibility index (Phi) is 4.73. The summed E-state index contributed by atoms with van der Waals surface area (Å²) in [5.41, 5.74) is 8.29. The third kappa shape index (κ3) is 3.73. The van der Waals surface area contributed by atoms with Crippen LogP contribution in [0, 0.1) is 5.82 Å². The first-order valence-electron chi connectivity index (χ1n) is 9.30. The number of anilines is 1. The largest absolute Gasteiger partial charge is 0.415 e. The summed E-state index contributed by atoms with van der Waals surface area (Å²) < 4.78 is 44.5. The topological polar surface area (TPSA) is 121 Å². The molecule has 0 fully saturated rings. The van der Waals surface area contributed by atoms with Crippen molar-refractivity contribution >= 4 is 16.6 Å². The van der Waals surface area contributed by atoms with Gasteiger partial charge < -0.3 is 10.2 Å². The van der Waals surface area contributed by atoms with E-state index >= 15 is 0 Å². The molecule has 5 aromatic rings. The fraction of sp³-hybridized carbons (Fsp3) is 0.100. The Balaban J connectivity index is 1.37. The highest BCUT2D eigenvalue weighted by Gasteiger charge is 2.19. The minimum Gasteiger partial charge on any atom is -0.415 e. The highest BCUT2D eigenvalue weighted by molar-refractivity contribution is 5.85. The van der Waals surface area contributed by atoms with Crippen molar-refractivity contribution in [2.24, 2.45) is 0 Å². The maximum Gasteiger partial charge on any atom is 0.314 e. The molecule has 3 heterocycles. The van der Waals surface area contributed by atoms with Gasteiger partial charge in [-0.3, -0.25) is 4.98 Å². The highest BCUT2D eigenvalue weighted by Crippen LogP contribution is 2.26. The predicted octanol–water partition coefficient (Wildman–Crippen LogP) is 3.65. The molecule has 0 unspecified atom stereocenters. The lowest BCUT2D eigenvalue weighted by Gasteiger charge is -2.03. The third-order valence-electron chi connectivity index (χ3n) is 4.63. The van der Waals surface area contributed by atoms with Crippen molar-refractivity contribution in [3.8, 4) is 22.8 Å². The first kappa shape index (κ1) is 19.6. The zero-order chi connectivity index (χ0) is 22.2. The maximum absolute atomic E-state index is 14.5. The van der Waals surface area contributed by atoms with E-state index in [-0.39, 0.29) is 18.0 Å². The van der Waals surface area contributed by atoms with Crippen LogP contribution in [0.15, 0.2) is 53.1 Å². The van der Waals surface area contributed by atoms with Crippen molar-refractivity contribution in [3.63, 3.8) is 0 Å². The molecule has 5 rings (SSSR count). The number of aromatic nitrogens is 7. The molecule has 9 nitrogen and oxygen atoms in total. The first-order chi connectivity index (χ1) is 15.5. The fourth-order valence-electron chi connectivity index (χ4n) is 3.14. The molecule has 32 heavy (non-hydrogen) atoms. The Morgan fingerprint density at radius 1 is 1.03 bits per heavy atom. The van der Waals surface area contributed by atoms with Crippen molar-refractivity contribution in [1.82, 2.24) is 35.4 Å².